The molecule has 1 aliphatic carbocycles. The van der Waals surface area contributed by atoms with E-state index in [1.165, 1.54) is 12.1 Å². The third-order valence-electron chi connectivity index (χ3n) is 4.59. The van der Waals surface area contributed by atoms with Gasteiger partial charge in [-0.15, -0.1) is 13.2 Å². The molecule has 0 aliphatic heterocycles. The van der Waals surface area contributed by atoms with E-state index in [-0.39, 0.29) is 5.69 Å². The van der Waals surface area contributed by atoms with Crippen molar-refractivity contribution in [3.63, 3.8) is 0 Å². The topological polar surface area (TPSA) is 64.6 Å². The van der Waals surface area contributed by atoms with Crippen molar-refractivity contribution in [2.75, 3.05) is 4.72 Å². The molecule has 4 rings (SSSR count). The molecular weight excluding hydrogens is 431 g/mol. The first-order valence-electron chi connectivity index (χ1n) is 9.44. The Hall–Kier alpha value is -3.20. The molecule has 0 saturated heterocycles. The molecule has 0 unspecified atom stereocenters. The number of alkyl halides is 3. The highest BCUT2D eigenvalue weighted by molar-refractivity contribution is 7.93. The number of rotatable bonds is 7. The number of halogens is 3. The summed E-state index contributed by atoms with van der Waals surface area (Å²) in [6.45, 7) is 0. The quantitative estimate of drug-likeness (QED) is 0.484. The van der Waals surface area contributed by atoms with Gasteiger partial charge in [-0.1, -0.05) is 36.4 Å². The van der Waals surface area contributed by atoms with Gasteiger partial charge in [-0.25, -0.2) is 8.42 Å². The first kappa shape index (κ1) is 21.0. The minimum atomic E-state index is -4.97. The number of para-hydroxylation sites is 1. The van der Waals surface area contributed by atoms with Gasteiger partial charge in [0.05, 0.1) is 10.9 Å². The van der Waals surface area contributed by atoms with Crippen LogP contribution in [0.3, 0.4) is 0 Å². The Labute approximate surface area is 177 Å². The third-order valence-corrected chi connectivity index (χ3v) is 6.44. The number of anilines is 1. The van der Waals surface area contributed by atoms with E-state index in [9.17, 15) is 21.6 Å². The zero-order valence-corrected chi connectivity index (χ0v) is 16.9. The molecule has 0 heterocycles. The second-order valence-electron chi connectivity index (χ2n) is 7.04. The molecule has 3 aromatic carbocycles. The van der Waals surface area contributed by atoms with E-state index < -0.39 is 27.4 Å². The van der Waals surface area contributed by atoms with Crippen molar-refractivity contribution in [2.45, 2.75) is 24.5 Å². The van der Waals surface area contributed by atoms with Crippen molar-refractivity contribution < 1.29 is 31.1 Å². The highest BCUT2D eigenvalue weighted by atomic mass is 32.2. The Morgan fingerprint density at radius 1 is 0.839 bits per heavy atom. The van der Waals surface area contributed by atoms with Crippen LogP contribution in [-0.2, 0) is 10.0 Å². The molecule has 3 aromatic rings. The van der Waals surface area contributed by atoms with E-state index in [2.05, 4.69) is 9.46 Å². The summed E-state index contributed by atoms with van der Waals surface area (Å²) in [5, 5.41) is -0.580. The highest BCUT2D eigenvalue weighted by Crippen LogP contribution is 2.38. The lowest BCUT2D eigenvalue weighted by molar-refractivity contribution is -0.274. The van der Waals surface area contributed by atoms with Gasteiger partial charge in [0, 0.05) is 0 Å². The molecular formula is C22H18F3NO4S. The lowest BCUT2D eigenvalue weighted by atomic mass is 10.0. The van der Waals surface area contributed by atoms with Crippen molar-refractivity contribution in [3.8, 4) is 28.4 Å². The summed E-state index contributed by atoms with van der Waals surface area (Å²) in [5.41, 5.74) is 0.793. The van der Waals surface area contributed by atoms with Crippen molar-refractivity contribution in [2.24, 2.45) is 0 Å². The molecule has 0 bridgehead atoms. The molecule has 31 heavy (non-hydrogen) atoms. The molecule has 0 aromatic heterocycles. The monoisotopic (exact) mass is 449 g/mol. The van der Waals surface area contributed by atoms with Gasteiger partial charge in [0.1, 0.15) is 11.5 Å². The van der Waals surface area contributed by atoms with E-state index in [1.54, 1.807) is 36.4 Å². The Morgan fingerprint density at radius 2 is 1.45 bits per heavy atom. The normalized spacial score (nSPS) is 14.2. The molecule has 0 spiro atoms. The third kappa shape index (κ3) is 5.49. The zero-order valence-electron chi connectivity index (χ0n) is 16.1. The van der Waals surface area contributed by atoms with E-state index in [1.807, 2.05) is 18.2 Å². The smallest absolute Gasteiger partial charge is 0.457 e. The average molecular weight is 449 g/mol. The van der Waals surface area contributed by atoms with Crippen LogP contribution in [0.5, 0.6) is 17.2 Å². The fraction of sp³-hybridized carbons (Fsp3) is 0.182. The van der Waals surface area contributed by atoms with Gasteiger partial charge in [-0.05, 0) is 60.4 Å². The van der Waals surface area contributed by atoms with Crippen LogP contribution in [0.25, 0.3) is 11.1 Å². The Balaban J connectivity index is 1.59. The lowest BCUT2D eigenvalue weighted by Gasteiger charge is -2.16. The first-order chi connectivity index (χ1) is 14.7. The summed E-state index contributed by atoms with van der Waals surface area (Å²) in [6.07, 6.45) is -3.99. The number of hydrogen-bond donors (Lipinski definition) is 1. The standard InChI is InChI=1S/C22H18F3NO4S/c23-22(24,25)30-21-14-16(8-13-20(21)26-31(27,28)19-11-12-19)15-6-9-18(10-7-15)29-17-4-2-1-3-5-17/h1-10,13-14,19,26H,11-12H2. The van der Waals surface area contributed by atoms with Gasteiger partial charge < -0.3 is 9.47 Å². The molecule has 0 amide bonds. The molecule has 0 atom stereocenters. The number of hydrogen-bond acceptors (Lipinski definition) is 4. The maximum atomic E-state index is 12.9. The van der Waals surface area contributed by atoms with Gasteiger partial charge in [-0.2, -0.15) is 0 Å². The van der Waals surface area contributed by atoms with Crippen LogP contribution >= 0.6 is 0 Å². The molecule has 1 aliphatic rings. The maximum Gasteiger partial charge on any atom is 0.573 e. The maximum absolute atomic E-state index is 12.9. The highest BCUT2D eigenvalue weighted by Gasteiger charge is 2.37. The number of ether oxygens (including phenoxy) is 2. The first-order valence-corrected chi connectivity index (χ1v) is 11.0. The largest absolute Gasteiger partial charge is 0.573 e. The van der Waals surface area contributed by atoms with E-state index in [0.717, 1.165) is 6.07 Å². The van der Waals surface area contributed by atoms with Crippen LogP contribution in [0.1, 0.15) is 12.8 Å². The molecule has 162 valence electrons. The van der Waals surface area contributed by atoms with Crippen LogP contribution < -0.4 is 14.2 Å². The van der Waals surface area contributed by atoms with Crippen LogP contribution in [0.4, 0.5) is 18.9 Å². The molecule has 0 radical (unpaired) electrons. The Kier molecular flexibility index (Phi) is 5.53. The van der Waals surface area contributed by atoms with Crippen LogP contribution in [0, 0.1) is 0 Å². The second-order valence-corrected chi connectivity index (χ2v) is 9.01. The van der Waals surface area contributed by atoms with Crippen molar-refractivity contribution in [3.05, 3.63) is 72.8 Å². The van der Waals surface area contributed by atoms with E-state index in [4.69, 9.17) is 4.74 Å². The molecule has 9 heteroatoms. The van der Waals surface area contributed by atoms with Crippen LogP contribution in [-0.4, -0.2) is 20.0 Å². The van der Waals surface area contributed by atoms with Gasteiger partial charge in [0.2, 0.25) is 10.0 Å². The van der Waals surface area contributed by atoms with Crippen molar-refractivity contribution in [1.82, 2.24) is 0 Å². The fourth-order valence-electron chi connectivity index (χ4n) is 2.95. The number of nitrogens with one attached hydrogen (secondary N) is 1. The van der Waals surface area contributed by atoms with Gasteiger partial charge in [-0.3, -0.25) is 4.72 Å². The Bertz CT molecular complexity index is 1160. The summed E-state index contributed by atoms with van der Waals surface area (Å²) >= 11 is 0. The average Bonchev–Trinajstić information content (AvgIpc) is 3.56. The minimum Gasteiger partial charge on any atom is -0.457 e. The number of sulfonamides is 1. The minimum absolute atomic E-state index is 0.253. The molecule has 1 fully saturated rings. The Morgan fingerprint density at radius 3 is 2.06 bits per heavy atom. The number of benzene rings is 3. The SMILES string of the molecule is O=S(=O)(Nc1ccc(-c2ccc(Oc3ccccc3)cc2)cc1OC(F)(F)F)C1CC1. The van der Waals surface area contributed by atoms with Gasteiger partial charge >= 0.3 is 6.36 Å². The van der Waals surface area contributed by atoms with Crippen LogP contribution in [0.15, 0.2) is 72.8 Å². The van der Waals surface area contributed by atoms with E-state index >= 15 is 0 Å². The summed E-state index contributed by atoms with van der Waals surface area (Å²) in [4.78, 5) is 0. The summed E-state index contributed by atoms with van der Waals surface area (Å²) in [6, 6.07) is 19.9. The molecule has 1 N–H and O–H groups in total. The van der Waals surface area contributed by atoms with E-state index in [0.29, 0.717) is 35.5 Å². The predicted molar refractivity (Wildman–Crippen MR) is 111 cm³/mol. The summed E-state index contributed by atoms with van der Waals surface area (Å²) < 4.78 is 75.0. The summed E-state index contributed by atoms with van der Waals surface area (Å²) in [5.74, 6) is 0.609. The van der Waals surface area contributed by atoms with Crippen molar-refractivity contribution >= 4 is 15.7 Å². The molecule has 5 nitrogen and oxygen atoms in total. The predicted octanol–water partition coefficient (Wildman–Crippen LogP) is 5.95. The van der Waals surface area contributed by atoms with Crippen molar-refractivity contribution in [1.29, 1.82) is 0 Å². The van der Waals surface area contributed by atoms with Gasteiger partial charge in [0.25, 0.3) is 0 Å². The van der Waals surface area contributed by atoms with Gasteiger partial charge in [0.15, 0.2) is 5.75 Å². The second kappa shape index (κ2) is 8.14. The fourth-order valence-corrected chi connectivity index (χ4v) is 4.35. The lowest BCUT2D eigenvalue weighted by Crippen LogP contribution is -2.21. The molecule has 1 saturated carbocycles. The van der Waals surface area contributed by atoms with Crippen LogP contribution in [0.2, 0.25) is 0 Å². The zero-order chi connectivity index (χ0) is 22.1. The summed E-state index contributed by atoms with van der Waals surface area (Å²) in [7, 11) is -3.74.